The molecule has 0 aliphatic rings. The second-order valence-electron chi connectivity index (χ2n) is 5.25. The Kier molecular flexibility index (Phi) is 5.11. The van der Waals surface area contributed by atoms with Crippen LogP contribution in [0, 0.1) is 5.92 Å². The van der Waals surface area contributed by atoms with Crippen molar-refractivity contribution >= 4 is 33.0 Å². The van der Waals surface area contributed by atoms with Gasteiger partial charge in [0.25, 0.3) is 5.89 Å². The van der Waals surface area contributed by atoms with Gasteiger partial charge in [-0.3, -0.25) is 0 Å². The summed E-state index contributed by atoms with van der Waals surface area (Å²) in [6.45, 7) is 3.87. The highest BCUT2D eigenvalue weighted by molar-refractivity contribution is 7.90. The van der Waals surface area contributed by atoms with Crippen molar-refractivity contribution in [2.75, 3.05) is 0 Å². The topological polar surface area (TPSA) is 101 Å². The fraction of sp³-hybridized carbons (Fsp3) is 0.385. The van der Waals surface area contributed by atoms with Crippen LogP contribution in [0.5, 0.6) is 0 Å². The van der Waals surface area contributed by atoms with E-state index >= 15 is 0 Å². The lowest BCUT2D eigenvalue weighted by Crippen LogP contribution is -2.56. The molecule has 1 aromatic carbocycles. The first kappa shape index (κ1) is 17.2. The van der Waals surface area contributed by atoms with E-state index in [9.17, 15) is 8.42 Å². The van der Waals surface area contributed by atoms with Gasteiger partial charge >= 0.3 is 5.22 Å². The largest absolute Gasteiger partial charge is 0.406 e. The minimum atomic E-state index is -3.78. The van der Waals surface area contributed by atoms with Crippen LogP contribution in [0.4, 0.5) is 0 Å². The Morgan fingerprint density at radius 2 is 1.95 bits per heavy atom. The van der Waals surface area contributed by atoms with Crippen molar-refractivity contribution in [1.82, 2.24) is 10.2 Å². The predicted molar refractivity (Wildman–Crippen MR) is 82.1 cm³/mol. The molecule has 120 valence electrons. The molecule has 0 amide bonds. The van der Waals surface area contributed by atoms with Crippen molar-refractivity contribution in [2.45, 2.75) is 30.9 Å². The molecule has 0 aliphatic carbocycles. The van der Waals surface area contributed by atoms with E-state index in [0.717, 1.165) is 0 Å². The summed E-state index contributed by atoms with van der Waals surface area (Å²) in [7, 11) is -3.78. The van der Waals surface area contributed by atoms with Gasteiger partial charge in [0.1, 0.15) is 0 Å². The minimum absolute atomic E-state index is 0.154. The Hall–Kier alpha value is -1.15. The highest BCUT2D eigenvalue weighted by Gasteiger charge is 2.28. The van der Waals surface area contributed by atoms with Crippen molar-refractivity contribution in [3.63, 3.8) is 0 Å². The van der Waals surface area contributed by atoms with Gasteiger partial charge in [0, 0.05) is 16.0 Å². The standard InChI is InChI=1S/C13H15Cl2N3O3S/c1-7(2)11(16)12-17-18-13(21-12)22(19,20)6-8-3-4-9(14)5-10(8)15/h3-5,7,11H,6,16H2,1-2H3/p+1. The Labute approximate surface area is 138 Å². The second kappa shape index (κ2) is 6.54. The smallest absolute Gasteiger partial charge is 0.336 e. The molecule has 0 saturated heterocycles. The lowest BCUT2D eigenvalue weighted by Gasteiger charge is -2.06. The van der Waals surface area contributed by atoms with E-state index in [4.69, 9.17) is 27.6 Å². The van der Waals surface area contributed by atoms with Gasteiger partial charge in [-0.1, -0.05) is 48.2 Å². The van der Waals surface area contributed by atoms with E-state index in [0.29, 0.717) is 10.6 Å². The van der Waals surface area contributed by atoms with Gasteiger partial charge in [0.2, 0.25) is 9.84 Å². The second-order valence-corrected chi connectivity index (χ2v) is 7.96. The highest BCUT2D eigenvalue weighted by Crippen LogP contribution is 2.25. The SMILES string of the molecule is CC(C)C([NH3+])c1nnc(S(=O)(=O)Cc2ccc(Cl)cc2Cl)o1. The van der Waals surface area contributed by atoms with Crippen LogP contribution in [-0.4, -0.2) is 18.6 Å². The van der Waals surface area contributed by atoms with Crippen LogP contribution in [0.1, 0.15) is 31.3 Å². The fourth-order valence-electron chi connectivity index (χ4n) is 1.69. The van der Waals surface area contributed by atoms with Crippen LogP contribution in [0.3, 0.4) is 0 Å². The maximum absolute atomic E-state index is 12.3. The van der Waals surface area contributed by atoms with E-state index in [2.05, 4.69) is 15.9 Å². The van der Waals surface area contributed by atoms with E-state index in [1.165, 1.54) is 6.07 Å². The van der Waals surface area contributed by atoms with Crippen molar-refractivity contribution in [2.24, 2.45) is 5.92 Å². The predicted octanol–water partition coefficient (Wildman–Crippen LogP) is 2.29. The molecule has 0 bridgehead atoms. The van der Waals surface area contributed by atoms with Gasteiger partial charge in [0.15, 0.2) is 6.04 Å². The molecule has 22 heavy (non-hydrogen) atoms. The molecule has 1 aromatic heterocycles. The lowest BCUT2D eigenvalue weighted by atomic mass is 10.1. The van der Waals surface area contributed by atoms with Gasteiger partial charge in [-0.15, -0.1) is 5.10 Å². The van der Waals surface area contributed by atoms with Crippen molar-refractivity contribution in [3.8, 4) is 0 Å². The molecule has 3 N–H and O–H groups in total. The van der Waals surface area contributed by atoms with Crippen LogP contribution in [0.25, 0.3) is 0 Å². The number of halogens is 2. The fourth-order valence-corrected chi connectivity index (χ4v) is 3.40. The van der Waals surface area contributed by atoms with Gasteiger partial charge in [-0.25, -0.2) is 8.42 Å². The summed E-state index contributed by atoms with van der Waals surface area (Å²) >= 11 is 11.8. The number of quaternary nitrogens is 1. The van der Waals surface area contributed by atoms with Crippen molar-refractivity contribution in [3.05, 3.63) is 39.7 Å². The van der Waals surface area contributed by atoms with Crippen LogP contribution >= 0.6 is 23.2 Å². The van der Waals surface area contributed by atoms with Gasteiger partial charge in [-0.2, -0.15) is 0 Å². The summed E-state index contributed by atoms with van der Waals surface area (Å²) in [5.41, 5.74) is 4.30. The first-order valence-corrected chi connectivity index (χ1v) is 8.94. The summed E-state index contributed by atoms with van der Waals surface area (Å²) in [6.07, 6.45) is 0. The summed E-state index contributed by atoms with van der Waals surface area (Å²) in [4.78, 5) is 0. The zero-order chi connectivity index (χ0) is 16.5. The van der Waals surface area contributed by atoms with Gasteiger partial charge in [0.05, 0.1) is 5.75 Å². The number of rotatable bonds is 5. The molecule has 0 radical (unpaired) electrons. The van der Waals surface area contributed by atoms with E-state index in [-0.39, 0.29) is 28.6 Å². The summed E-state index contributed by atoms with van der Waals surface area (Å²) in [5.74, 6) is 0.0196. The Morgan fingerprint density at radius 3 is 2.55 bits per heavy atom. The number of hydrogen-bond donors (Lipinski definition) is 1. The first-order valence-electron chi connectivity index (χ1n) is 6.54. The molecule has 0 saturated carbocycles. The highest BCUT2D eigenvalue weighted by atomic mass is 35.5. The zero-order valence-electron chi connectivity index (χ0n) is 12.1. The van der Waals surface area contributed by atoms with E-state index in [1.54, 1.807) is 12.1 Å². The monoisotopic (exact) mass is 364 g/mol. The minimum Gasteiger partial charge on any atom is -0.406 e. The summed E-state index contributed by atoms with van der Waals surface area (Å²) < 4.78 is 29.9. The van der Waals surface area contributed by atoms with Gasteiger partial charge in [-0.05, 0) is 17.7 Å². The molecule has 1 unspecified atom stereocenters. The average molecular weight is 365 g/mol. The molecule has 1 heterocycles. The third-order valence-corrected chi connectivity index (χ3v) is 5.15. The Balaban J connectivity index is 2.27. The number of benzene rings is 1. The molecule has 0 spiro atoms. The van der Waals surface area contributed by atoms with Crippen molar-refractivity contribution in [1.29, 1.82) is 0 Å². The molecule has 0 aliphatic heterocycles. The Bertz CT molecular complexity index is 775. The molecular formula is C13H16Cl2N3O3S+. The average Bonchev–Trinajstić information content (AvgIpc) is 2.91. The van der Waals surface area contributed by atoms with Crippen LogP contribution in [0.2, 0.25) is 10.0 Å². The molecule has 9 heteroatoms. The van der Waals surface area contributed by atoms with Crippen LogP contribution < -0.4 is 5.73 Å². The maximum atomic E-state index is 12.3. The number of nitrogens with zero attached hydrogens (tertiary/aromatic N) is 2. The molecule has 2 aromatic rings. The third-order valence-electron chi connectivity index (χ3n) is 3.17. The normalized spacial score (nSPS) is 13.5. The molecule has 6 nitrogen and oxygen atoms in total. The molecule has 2 rings (SSSR count). The lowest BCUT2D eigenvalue weighted by molar-refractivity contribution is -0.443. The summed E-state index contributed by atoms with van der Waals surface area (Å²) in [5, 5.41) is 7.67. The maximum Gasteiger partial charge on any atom is 0.336 e. The quantitative estimate of drug-likeness (QED) is 0.876. The molecule has 1 atom stereocenters. The first-order chi connectivity index (χ1) is 10.2. The Morgan fingerprint density at radius 1 is 1.27 bits per heavy atom. The number of aromatic nitrogens is 2. The zero-order valence-corrected chi connectivity index (χ0v) is 14.4. The van der Waals surface area contributed by atoms with Crippen LogP contribution in [-0.2, 0) is 15.6 Å². The van der Waals surface area contributed by atoms with E-state index in [1.807, 2.05) is 13.8 Å². The van der Waals surface area contributed by atoms with Gasteiger partial charge < -0.3 is 10.2 Å². The number of sulfone groups is 1. The summed E-state index contributed by atoms with van der Waals surface area (Å²) in [6, 6.07) is 4.34. The third kappa shape index (κ3) is 3.78. The number of hydrogen-bond acceptors (Lipinski definition) is 5. The molecular weight excluding hydrogens is 349 g/mol. The molecule has 0 fully saturated rings. The van der Waals surface area contributed by atoms with E-state index < -0.39 is 15.1 Å². The van der Waals surface area contributed by atoms with Crippen LogP contribution in [0.15, 0.2) is 27.8 Å². The van der Waals surface area contributed by atoms with Crippen molar-refractivity contribution < 1.29 is 18.6 Å².